The van der Waals surface area contributed by atoms with Crippen LogP contribution >= 0.6 is 15.6 Å². The molecule has 0 aliphatic carbocycles. The average molecular weight is 258 g/mol. The maximum Gasteiger partial charge on any atom is 0.466 e. The summed E-state index contributed by atoms with van der Waals surface area (Å²) in [6.07, 6.45) is 0. The molecule has 0 aromatic carbocycles. The van der Waals surface area contributed by atoms with Crippen LogP contribution in [-0.2, 0) is 9.13 Å². The molecule has 0 bridgehead atoms. The second-order valence-electron chi connectivity index (χ2n) is 1.47. The van der Waals surface area contributed by atoms with Crippen molar-refractivity contribution in [3.05, 3.63) is 0 Å². The number of rotatable bonds is 1. The Morgan fingerprint density at radius 2 is 0.714 bits per heavy atom. The van der Waals surface area contributed by atoms with Gasteiger partial charge in [-0.15, -0.1) is 0 Å². The highest BCUT2D eigenvalue weighted by molar-refractivity contribution is 7.45. The maximum absolute atomic E-state index is 8.88. The average Bonchev–Trinajstić information content (AvgIpc) is 1.79. The van der Waals surface area contributed by atoms with E-state index in [0.717, 1.165) is 0 Å². The van der Waals surface area contributed by atoms with Crippen LogP contribution in [0.2, 0.25) is 0 Å². The van der Waals surface area contributed by atoms with Crippen LogP contribution in [0, 0.1) is 0 Å². The van der Waals surface area contributed by atoms with Gasteiger partial charge in [0, 0.05) is 0 Å². The topological polar surface area (TPSA) is 196 Å². The molecule has 0 rings (SSSR count). The Morgan fingerprint density at radius 1 is 0.643 bits per heavy atom. The van der Waals surface area contributed by atoms with Gasteiger partial charge in [-0.05, 0) is 0 Å². The third-order valence-electron chi connectivity index (χ3n) is 0.1000. The van der Waals surface area contributed by atoms with Gasteiger partial charge in [-0.25, -0.2) is 9.13 Å². The summed E-state index contributed by atoms with van der Waals surface area (Å²) >= 11 is 0. The van der Waals surface area contributed by atoms with E-state index in [1.165, 1.54) is 0 Å². The van der Waals surface area contributed by atoms with E-state index in [-0.39, 0.29) is 13.2 Å². The van der Waals surface area contributed by atoms with Crippen LogP contribution in [0.4, 0.5) is 0 Å². The zero-order valence-corrected chi connectivity index (χ0v) is 8.49. The van der Waals surface area contributed by atoms with Gasteiger partial charge >= 0.3 is 15.6 Å². The van der Waals surface area contributed by atoms with Gasteiger partial charge in [0.1, 0.15) is 0 Å². The second-order valence-corrected chi connectivity index (χ2v) is 3.53. The van der Waals surface area contributed by atoms with Crippen molar-refractivity contribution in [2.24, 2.45) is 0 Å². The summed E-state index contributed by atoms with van der Waals surface area (Å²) < 4.78 is 17.8. The van der Waals surface area contributed by atoms with Gasteiger partial charge in [-0.2, -0.15) is 0 Å². The third-order valence-corrected chi connectivity index (χ3v) is 0.1000. The van der Waals surface area contributed by atoms with Gasteiger partial charge in [-0.1, -0.05) is 0 Å². The van der Waals surface area contributed by atoms with E-state index in [9.17, 15) is 0 Å². The van der Waals surface area contributed by atoms with Crippen molar-refractivity contribution in [3.8, 4) is 0 Å². The molecule has 0 aliphatic rings. The van der Waals surface area contributed by atoms with Crippen LogP contribution in [0.1, 0.15) is 0 Å². The first-order valence-electron chi connectivity index (χ1n) is 2.70. The van der Waals surface area contributed by atoms with E-state index in [1.54, 1.807) is 0 Å². The summed E-state index contributed by atoms with van der Waals surface area (Å²) in [4.78, 5) is 43.1. The molecule has 0 aromatic rings. The predicted octanol–water partition coefficient (Wildman–Crippen LogP) is -2.89. The molecule has 12 heteroatoms. The zero-order valence-electron chi connectivity index (χ0n) is 6.70. The van der Waals surface area contributed by atoms with Crippen LogP contribution in [-0.4, -0.2) is 52.8 Å². The van der Waals surface area contributed by atoms with Gasteiger partial charge in [0.25, 0.3) is 0 Å². The van der Waals surface area contributed by atoms with Gasteiger partial charge in [0.05, 0.1) is 13.2 Å². The summed E-state index contributed by atoms with van der Waals surface area (Å²) in [5.41, 5.74) is 0. The quantitative estimate of drug-likeness (QED) is 0.226. The molecule has 8 N–H and O–H groups in total. The van der Waals surface area contributed by atoms with E-state index in [1.807, 2.05) is 0 Å². The smallest absolute Gasteiger partial charge is 0.394 e. The number of hydrogen-bond donors (Lipinski definition) is 8. The first-order chi connectivity index (χ1) is 5.91. The van der Waals surface area contributed by atoms with Gasteiger partial charge < -0.3 is 39.6 Å². The first kappa shape index (κ1) is 19.7. The van der Waals surface area contributed by atoms with Crippen LogP contribution in [0.5, 0.6) is 0 Å². The van der Waals surface area contributed by atoms with E-state index in [2.05, 4.69) is 0 Å². The molecule has 0 heterocycles. The minimum absolute atomic E-state index is 0.125. The Balaban J connectivity index is -0.000000131. The molecule has 0 aliphatic heterocycles. The largest absolute Gasteiger partial charge is 0.466 e. The summed E-state index contributed by atoms with van der Waals surface area (Å²) in [5.74, 6) is 0. The lowest BCUT2D eigenvalue weighted by molar-refractivity contribution is 0.186. The Bertz CT molecular complexity index is 150. The number of aliphatic hydroxyl groups excluding tert-OH is 2. The maximum atomic E-state index is 8.88. The molecule has 90 valence electrons. The molecule has 0 spiro atoms. The van der Waals surface area contributed by atoms with Gasteiger partial charge in [0.2, 0.25) is 0 Å². The van der Waals surface area contributed by atoms with Crippen molar-refractivity contribution in [3.63, 3.8) is 0 Å². The molecule has 14 heavy (non-hydrogen) atoms. The number of aliphatic hydroxyl groups is 2. The Hall–Kier alpha value is 0.140. The fourth-order valence-electron chi connectivity index (χ4n) is 0. The normalized spacial score (nSPS) is 10.6. The first-order valence-corrected chi connectivity index (χ1v) is 5.83. The lowest BCUT2D eigenvalue weighted by atomic mass is 10.8. The molecule has 0 saturated heterocycles. The summed E-state index contributed by atoms with van der Waals surface area (Å²) in [6, 6.07) is 0. The van der Waals surface area contributed by atoms with Gasteiger partial charge in [0.15, 0.2) is 0 Å². The number of hydrogen-bond acceptors (Lipinski definition) is 4. The zero-order chi connectivity index (χ0) is 12.4. The van der Waals surface area contributed by atoms with E-state index >= 15 is 0 Å². The highest BCUT2D eigenvalue weighted by Gasteiger charge is 2.00. The minimum atomic E-state index is -4.64. The molecule has 10 nitrogen and oxygen atoms in total. The fourth-order valence-corrected chi connectivity index (χ4v) is 0. The van der Waals surface area contributed by atoms with Crippen LogP contribution < -0.4 is 0 Å². The standard InChI is InChI=1S/C2H6O2.2H3O4P/c3-1-2-4;2*1-5(2,3)4/h3-4H,1-2H2;2*(H3,1,2,3,4). The third kappa shape index (κ3) is 1160. The molecule has 0 unspecified atom stereocenters. The minimum Gasteiger partial charge on any atom is -0.394 e. The molecule has 0 radical (unpaired) electrons. The van der Waals surface area contributed by atoms with Crippen molar-refractivity contribution >= 4 is 15.6 Å². The van der Waals surface area contributed by atoms with Crippen molar-refractivity contribution < 1.29 is 48.7 Å². The summed E-state index contributed by atoms with van der Waals surface area (Å²) in [6.45, 7) is -0.250. The molecule has 0 aromatic heterocycles. The summed E-state index contributed by atoms with van der Waals surface area (Å²) in [7, 11) is -9.28. The fraction of sp³-hybridized carbons (Fsp3) is 1.00. The predicted molar refractivity (Wildman–Crippen MR) is 42.7 cm³/mol. The van der Waals surface area contributed by atoms with E-state index in [4.69, 9.17) is 48.7 Å². The van der Waals surface area contributed by atoms with Crippen molar-refractivity contribution in [2.75, 3.05) is 13.2 Å². The van der Waals surface area contributed by atoms with E-state index < -0.39 is 15.6 Å². The lowest BCUT2D eigenvalue weighted by Gasteiger charge is -1.82. The molecule has 0 atom stereocenters. The Labute approximate surface area is 78.6 Å². The van der Waals surface area contributed by atoms with Crippen molar-refractivity contribution in [2.45, 2.75) is 0 Å². The highest BCUT2D eigenvalue weighted by Crippen LogP contribution is 2.26. The molecule has 0 fully saturated rings. The monoisotopic (exact) mass is 258 g/mol. The second kappa shape index (κ2) is 9.69. The molecular formula is C2H12O10P2. The number of phosphoric acid groups is 2. The lowest BCUT2D eigenvalue weighted by Crippen LogP contribution is -1.85. The summed E-state index contributed by atoms with van der Waals surface area (Å²) in [5, 5.41) is 15.2. The Kier molecular flexibility index (Phi) is 13.6. The van der Waals surface area contributed by atoms with Crippen LogP contribution in [0.15, 0.2) is 0 Å². The van der Waals surface area contributed by atoms with Crippen molar-refractivity contribution in [1.82, 2.24) is 0 Å². The molecule has 0 saturated carbocycles. The SMILES string of the molecule is O=P(O)(O)O.O=P(O)(O)O.OCCO. The van der Waals surface area contributed by atoms with Crippen LogP contribution in [0.25, 0.3) is 0 Å². The van der Waals surface area contributed by atoms with Crippen LogP contribution in [0.3, 0.4) is 0 Å². The van der Waals surface area contributed by atoms with Gasteiger partial charge in [-0.3, -0.25) is 0 Å². The molecular weight excluding hydrogens is 246 g/mol. The molecule has 0 amide bonds. The highest BCUT2D eigenvalue weighted by atomic mass is 31.2. The van der Waals surface area contributed by atoms with E-state index in [0.29, 0.717) is 0 Å². The Morgan fingerprint density at radius 3 is 0.714 bits per heavy atom. The van der Waals surface area contributed by atoms with Crippen molar-refractivity contribution in [1.29, 1.82) is 0 Å².